The van der Waals surface area contributed by atoms with Gasteiger partial charge in [0.2, 0.25) is 0 Å². The Bertz CT molecular complexity index is 3450. The van der Waals surface area contributed by atoms with E-state index in [0.717, 1.165) is 39.5 Å². The Morgan fingerprint density at radius 2 is 0.812 bits per heavy atom. The first-order chi connectivity index (χ1) is 31.2. The lowest BCUT2D eigenvalue weighted by molar-refractivity contribution is 0.576. The highest BCUT2D eigenvalue weighted by Crippen LogP contribution is 2.43. The smallest absolute Gasteiger partial charge is 0.142 e. The summed E-state index contributed by atoms with van der Waals surface area (Å²) in [5.74, 6) is 0.965. The van der Waals surface area contributed by atoms with Crippen LogP contribution < -0.4 is 4.90 Å². The van der Waals surface area contributed by atoms with Gasteiger partial charge < -0.3 is 9.32 Å². The van der Waals surface area contributed by atoms with Gasteiger partial charge >= 0.3 is 0 Å². The second-order valence-corrected chi connectivity index (χ2v) is 17.2. The maximum Gasteiger partial charge on any atom is 0.142 e. The van der Waals surface area contributed by atoms with Crippen molar-refractivity contribution in [1.82, 2.24) is 0 Å². The Kier molecular flexibility index (Phi) is 10.7. The zero-order valence-corrected chi connectivity index (χ0v) is 37.4. The molecular formula is C62H51NO. The number of aryl methyl sites for hydroxylation is 6. The van der Waals surface area contributed by atoms with Crippen molar-refractivity contribution in [1.29, 1.82) is 0 Å². The van der Waals surface area contributed by atoms with Crippen LogP contribution in [0, 0.1) is 41.5 Å². The lowest BCUT2D eigenvalue weighted by Gasteiger charge is -2.27. The third-order valence-corrected chi connectivity index (χ3v) is 12.9. The van der Waals surface area contributed by atoms with Gasteiger partial charge in [-0.05, 0) is 161 Å². The zero-order valence-electron chi connectivity index (χ0n) is 37.4. The van der Waals surface area contributed by atoms with Gasteiger partial charge in [-0.15, -0.1) is 0 Å². The van der Waals surface area contributed by atoms with Crippen molar-refractivity contribution in [2.45, 2.75) is 41.5 Å². The fraction of sp³-hybridized carbons (Fsp3) is 0.0968. The van der Waals surface area contributed by atoms with E-state index in [2.05, 4.69) is 222 Å². The minimum absolute atomic E-state index is 0.943. The second kappa shape index (κ2) is 16.9. The molecule has 10 aromatic carbocycles. The normalized spacial score (nSPS) is 11.3. The molecule has 0 saturated carbocycles. The van der Waals surface area contributed by atoms with E-state index in [4.69, 9.17) is 4.42 Å². The average molecular weight is 826 g/mol. The Labute approximate surface area is 376 Å². The molecule has 0 unspecified atom stereocenters. The third-order valence-electron chi connectivity index (χ3n) is 12.9. The summed E-state index contributed by atoms with van der Waals surface area (Å²) in [6, 6.07) is 72.8. The van der Waals surface area contributed by atoms with Crippen LogP contribution in [0.4, 0.5) is 17.1 Å². The number of rotatable bonds is 6. The predicted octanol–water partition coefficient (Wildman–Crippen LogP) is 17.9. The Balaban J connectivity index is 0.000000634. The van der Waals surface area contributed by atoms with E-state index >= 15 is 0 Å². The molecule has 0 aliphatic heterocycles. The Hall–Kier alpha value is -7.68. The SMILES string of the molecule is Cc1ccc(C)c(-c2cc(-c3ccc(N(c4ccc(-c5cccc6c(C)c(C)oc56)cc4)c4ccc5c6ccccc6c6ccccc6c5c4)cc3)ccc2C)c1.Cc1ccccc1. The van der Waals surface area contributed by atoms with Gasteiger partial charge in [-0.1, -0.05) is 169 Å². The highest BCUT2D eigenvalue weighted by Gasteiger charge is 2.18. The van der Waals surface area contributed by atoms with E-state index in [0.29, 0.717) is 0 Å². The summed E-state index contributed by atoms with van der Waals surface area (Å²) >= 11 is 0. The molecule has 0 bridgehead atoms. The van der Waals surface area contributed by atoms with Gasteiger partial charge in [-0.2, -0.15) is 0 Å². The number of furan rings is 1. The van der Waals surface area contributed by atoms with Gasteiger partial charge in [0.1, 0.15) is 11.3 Å². The van der Waals surface area contributed by atoms with Gasteiger partial charge in [0.05, 0.1) is 0 Å². The molecule has 0 N–H and O–H groups in total. The molecule has 0 amide bonds. The third kappa shape index (κ3) is 7.52. The van der Waals surface area contributed by atoms with E-state index in [1.54, 1.807) is 0 Å². The fourth-order valence-electron chi connectivity index (χ4n) is 9.32. The number of para-hydroxylation sites is 1. The van der Waals surface area contributed by atoms with Crippen molar-refractivity contribution >= 4 is 60.3 Å². The molecule has 1 heterocycles. The summed E-state index contributed by atoms with van der Waals surface area (Å²) in [6.07, 6.45) is 0. The van der Waals surface area contributed by atoms with Crippen molar-refractivity contribution in [2.75, 3.05) is 4.90 Å². The van der Waals surface area contributed by atoms with Crippen molar-refractivity contribution in [3.63, 3.8) is 0 Å². The summed E-state index contributed by atoms with van der Waals surface area (Å²) in [7, 11) is 0. The maximum absolute atomic E-state index is 6.29. The average Bonchev–Trinajstić information content (AvgIpc) is 3.63. The quantitative estimate of drug-likeness (QED) is 0.155. The minimum Gasteiger partial charge on any atom is -0.460 e. The molecule has 64 heavy (non-hydrogen) atoms. The zero-order chi connectivity index (χ0) is 43.9. The number of hydrogen-bond acceptors (Lipinski definition) is 2. The highest BCUT2D eigenvalue weighted by atomic mass is 16.3. The number of fused-ring (bicyclic) bond motifs is 7. The summed E-state index contributed by atoms with van der Waals surface area (Å²) in [6.45, 7) is 12.8. The number of hydrogen-bond donors (Lipinski definition) is 0. The monoisotopic (exact) mass is 825 g/mol. The van der Waals surface area contributed by atoms with Crippen molar-refractivity contribution in [3.05, 3.63) is 234 Å². The molecule has 0 spiro atoms. The van der Waals surface area contributed by atoms with Crippen LogP contribution in [0.5, 0.6) is 0 Å². The van der Waals surface area contributed by atoms with Crippen LogP contribution >= 0.6 is 0 Å². The fourth-order valence-corrected chi connectivity index (χ4v) is 9.32. The molecular weight excluding hydrogens is 775 g/mol. The molecule has 0 aliphatic carbocycles. The molecule has 310 valence electrons. The molecule has 0 fully saturated rings. The van der Waals surface area contributed by atoms with E-state index in [-0.39, 0.29) is 0 Å². The van der Waals surface area contributed by atoms with Crippen molar-refractivity contribution in [2.24, 2.45) is 0 Å². The van der Waals surface area contributed by atoms with Crippen LogP contribution in [0.15, 0.2) is 205 Å². The standard InChI is InChI=1S/C55H43NO.C7H8/c1-34-17-18-35(2)52(31-34)53-32-41(20-19-36(53)3)39-21-25-42(26-22-39)56(43-27-23-40(24-28-43)46-16-10-15-45-37(4)38(5)57-55(45)46)44-29-30-51-49-13-7-6-11-47(49)48-12-8-9-14-50(48)54(51)33-44;1-7-5-3-2-4-6-7/h6-33H,1-5H3;2-6H,1H3. The molecule has 2 heteroatoms. The Morgan fingerprint density at radius 1 is 0.312 bits per heavy atom. The van der Waals surface area contributed by atoms with Gasteiger partial charge in [-0.25, -0.2) is 0 Å². The predicted molar refractivity (Wildman–Crippen MR) is 275 cm³/mol. The van der Waals surface area contributed by atoms with Crippen molar-refractivity contribution in [3.8, 4) is 33.4 Å². The van der Waals surface area contributed by atoms with Crippen LogP contribution in [-0.4, -0.2) is 0 Å². The van der Waals surface area contributed by atoms with E-state index < -0.39 is 0 Å². The summed E-state index contributed by atoms with van der Waals surface area (Å²) in [4.78, 5) is 2.38. The number of nitrogens with zero attached hydrogens (tertiary/aromatic N) is 1. The number of benzene rings is 10. The van der Waals surface area contributed by atoms with Crippen LogP contribution in [-0.2, 0) is 0 Å². The van der Waals surface area contributed by atoms with Crippen LogP contribution in [0.1, 0.15) is 33.6 Å². The molecule has 0 aliphatic rings. The van der Waals surface area contributed by atoms with Crippen LogP contribution in [0.25, 0.3) is 76.7 Å². The molecule has 2 nitrogen and oxygen atoms in total. The topological polar surface area (TPSA) is 16.4 Å². The lowest BCUT2D eigenvalue weighted by Crippen LogP contribution is -2.10. The molecule has 1 aromatic heterocycles. The summed E-state index contributed by atoms with van der Waals surface area (Å²) in [5.41, 5.74) is 17.8. The Morgan fingerprint density at radius 3 is 1.42 bits per heavy atom. The van der Waals surface area contributed by atoms with E-state index in [9.17, 15) is 0 Å². The molecule has 0 atom stereocenters. The lowest BCUT2D eigenvalue weighted by atomic mass is 9.92. The van der Waals surface area contributed by atoms with Crippen molar-refractivity contribution < 1.29 is 4.42 Å². The molecule has 0 radical (unpaired) electrons. The molecule has 11 aromatic rings. The molecule has 0 saturated heterocycles. The first-order valence-corrected chi connectivity index (χ1v) is 22.2. The van der Waals surface area contributed by atoms with E-state index in [1.807, 2.05) is 25.1 Å². The van der Waals surface area contributed by atoms with Gasteiger partial charge in [0, 0.05) is 28.0 Å². The van der Waals surface area contributed by atoms with Gasteiger partial charge in [0.25, 0.3) is 0 Å². The van der Waals surface area contributed by atoms with Crippen LogP contribution in [0.2, 0.25) is 0 Å². The first kappa shape index (κ1) is 40.4. The summed E-state index contributed by atoms with van der Waals surface area (Å²) in [5, 5.41) is 8.76. The summed E-state index contributed by atoms with van der Waals surface area (Å²) < 4.78 is 6.29. The maximum atomic E-state index is 6.29. The highest BCUT2D eigenvalue weighted by molar-refractivity contribution is 6.25. The largest absolute Gasteiger partial charge is 0.460 e. The first-order valence-electron chi connectivity index (χ1n) is 22.2. The van der Waals surface area contributed by atoms with Crippen LogP contribution in [0.3, 0.4) is 0 Å². The minimum atomic E-state index is 0.943. The second-order valence-electron chi connectivity index (χ2n) is 17.2. The van der Waals surface area contributed by atoms with E-state index in [1.165, 1.54) is 87.8 Å². The molecule has 11 rings (SSSR count). The number of anilines is 3. The van der Waals surface area contributed by atoms with Gasteiger partial charge in [0.15, 0.2) is 0 Å². The van der Waals surface area contributed by atoms with Gasteiger partial charge in [-0.3, -0.25) is 0 Å².